The minimum absolute atomic E-state index is 0.0347. The van der Waals surface area contributed by atoms with Gasteiger partial charge in [0.1, 0.15) is 0 Å². The number of phenols is 2. The van der Waals surface area contributed by atoms with Crippen molar-refractivity contribution in [1.82, 2.24) is 0 Å². The molecule has 4 nitrogen and oxygen atoms in total. The van der Waals surface area contributed by atoms with E-state index in [0.717, 1.165) is 0 Å². The minimum Gasteiger partial charge on any atom is -0.504 e. The molecular weight excluding hydrogens is 242 g/mol. The first-order chi connectivity index (χ1) is 9.09. The smallest absolute Gasteiger partial charge is 0.181 e. The van der Waals surface area contributed by atoms with Crippen molar-refractivity contribution in [1.29, 1.82) is 0 Å². The fourth-order valence-corrected chi connectivity index (χ4v) is 1.78. The maximum atomic E-state index is 11.9. The highest BCUT2D eigenvalue weighted by Gasteiger charge is 2.09. The molecule has 2 aromatic carbocycles. The van der Waals surface area contributed by atoms with Gasteiger partial charge in [-0.1, -0.05) is 30.3 Å². The molecular formula is C15H15NO3. The average molecular weight is 257 g/mol. The van der Waals surface area contributed by atoms with Gasteiger partial charge in [-0.3, -0.25) is 4.79 Å². The summed E-state index contributed by atoms with van der Waals surface area (Å²) in [6.07, 6.45) is 0. The summed E-state index contributed by atoms with van der Waals surface area (Å²) in [5, 5.41) is 21.9. The minimum atomic E-state index is -0.169. The monoisotopic (exact) mass is 257 g/mol. The molecule has 0 atom stereocenters. The first kappa shape index (κ1) is 13.0. The van der Waals surface area contributed by atoms with E-state index in [1.54, 1.807) is 25.1 Å². The van der Waals surface area contributed by atoms with Crippen LogP contribution in [-0.2, 0) is 0 Å². The molecule has 0 amide bonds. The fourth-order valence-electron chi connectivity index (χ4n) is 1.78. The number of nitrogens with one attached hydrogen (secondary N) is 1. The number of aromatic hydroxyl groups is 2. The number of hydrogen-bond acceptors (Lipinski definition) is 4. The molecule has 0 bridgehead atoms. The topological polar surface area (TPSA) is 69.6 Å². The third-order valence-corrected chi connectivity index (χ3v) is 2.94. The lowest BCUT2D eigenvalue weighted by atomic mass is 10.1. The molecule has 0 fully saturated rings. The van der Waals surface area contributed by atoms with E-state index in [-0.39, 0.29) is 23.8 Å². The second kappa shape index (κ2) is 5.44. The summed E-state index contributed by atoms with van der Waals surface area (Å²) in [5.74, 6) is -0.373. The van der Waals surface area contributed by atoms with Crippen molar-refractivity contribution >= 4 is 11.5 Å². The molecule has 2 aromatic rings. The Morgan fingerprint density at radius 3 is 2.47 bits per heavy atom. The zero-order valence-corrected chi connectivity index (χ0v) is 10.6. The molecule has 4 heteroatoms. The summed E-state index contributed by atoms with van der Waals surface area (Å²) in [4.78, 5) is 11.9. The predicted molar refractivity (Wildman–Crippen MR) is 73.8 cm³/mol. The summed E-state index contributed by atoms with van der Waals surface area (Å²) in [6, 6.07) is 12.0. The second-order valence-electron chi connectivity index (χ2n) is 4.25. The van der Waals surface area contributed by atoms with Crippen molar-refractivity contribution in [3.05, 3.63) is 53.6 Å². The molecule has 2 rings (SSSR count). The summed E-state index contributed by atoms with van der Waals surface area (Å²) in [5.41, 5.74) is 1.77. The molecule has 0 aliphatic carbocycles. The van der Waals surface area contributed by atoms with E-state index in [2.05, 4.69) is 5.32 Å². The Hall–Kier alpha value is -2.49. The van der Waals surface area contributed by atoms with E-state index in [0.29, 0.717) is 16.8 Å². The first-order valence-electron chi connectivity index (χ1n) is 5.93. The van der Waals surface area contributed by atoms with Crippen LogP contribution >= 0.6 is 0 Å². The molecule has 0 aliphatic rings. The van der Waals surface area contributed by atoms with Crippen LogP contribution in [0.1, 0.15) is 15.9 Å². The number of ketones is 1. The van der Waals surface area contributed by atoms with Crippen molar-refractivity contribution in [3.63, 3.8) is 0 Å². The third kappa shape index (κ3) is 2.85. The van der Waals surface area contributed by atoms with E-state index in [4.69, 9.17) is 0 Å². The van der Waals surface area contributed by atoms with Gasteiger partial charge in [0.15, 0.2) is 17.3 Å². The highest BCUT2D eigenvalue weighted by Crippen LogP contribution is 2.33. The fraction of sp³-hybridized carbons (Fsp3) is 0.133. The van der Waals surface area contributed by atoms with Crippen molar-refractivity contribution in [2.45, 2.75) is 6.92 Å². The summed E-state index contributed by atoms with van der Waals surface area (Å²) in [6.45, 7) is 1.81. The van der Waals surface area contributed by atoms with Crippen LogP contribution in [0.4, 0.5) is 5.69 Å². The Labute approximate surface area is 111 Å². The van der Waals surface area contributed by atoms with Gasteiger partial charge in [0.25, 0.3) is 0 Å². The highest BCUT2D eigenvalue weighted by atomic mass is 16.3. The molecule has 0 unspecified atom stereocenters. The largest absolute Gasteiger partial charge is 0.504 e. The van der Waals surface area contributed by atoms with Crippen LogP contribution in [0, 0.1) is 6.92 Å². The lowest BCUT2D eigenvalue weighted by Crippen LogP contribution is -2.14. The van der Waals surface area contributed by atoms with Crippen LogP contribution in [0.5, 0.6) is 11.5 Å². The van der Waals surface area contributed by atoms with Crippen LogP contribution < -0.4 is 5.32 Å². The van der Waals surface area contributed by atoms with Gasteiger partial charge in [0, 0.05) is 16.8 Å². The number of hydrogen-bond donors (Lipinski definition) is 3. The Morgan fingerprint density at radius 1 is 1.11 bits per heavy atom. The van der Waals surface area contributed by atoms with Crippen molar-refractivity contribution in [2.24, 2.45) is 0 Å². The van der Waals surface area contributed by atoms with Gasteiger partial charge in [-0.25, -0.2) is 0 Å². The molecule has 0 saturated heterocycles. The van der Waals surface area contributed by atoms with E-state index in [1.807, 2.05) is 18.2 Å². The summed E-state index contributed by atoms with van der Waals surface area (Å²) in [7, 11) is 0. The second-order valence-corrected chi connectivity index (χ2v) is 4.25. The van der Waals surface area contributed by atoms with E-state index in [1.165, 1.54) is 6.07 Å². The summed E-state index contributed by atoms with van der Waals surface area (Å²) >= 11 is 0. The van der Waals surface area contributed by atoms with Crippen LogP contribution in [0.25, 0.3) is 0 Å². The average Bonchev–Trinajstić information content (AvgIpc) is 2.45. The SMILES string of the molecule is Cc1c(NCC(=O)c2ccccc2)ccc(O)c1O. The van der Waals surface area contributed by atoms with Crippen LogP contribution in [-0.4, -0.2) is 22.5 Å². The summed E-state index contributed by atoms with van der Waals surface area (Å²) < 4.78 is 0. The number of carbonyl (C=O) groups is 1. The zero-order chi connectivity index (χ0) is 13.8. The van der Waals surface area contributed by atoms with Gasteiger partial charge in [0.2, 0.25) is 0 Å². The molecule has 0 aromatic heterocycles. The van der Waals surface area contributed by atoms with Gasteiger partial charge >= 0.3 is 0 Å². The van der Waals surface area contributed by atoms with Gasteiger partial charge in [-0.05, 0) is 19.1 Å². The van der Waals surface area contributed by atoms with E-state index >= 15 is 0 Å². The van der Waals surface area contributed by atoms with Crippen LogP contribution in [0.3, 0.4) is 0 Å². The number of Topliss-reactive ketones (excluding diaryl/α,β-unsaturated/α-hetero) is 1. The van der Waals surface area contributed by atoms with Gasteiger partial charge in [-0.2, -0.15) is 0 Å². The van der Waals surface area contributed by atoms with E-state index < -0.39 is 0 Å². The Bertz CT molecular complexity index is 594. The molecule has 98 valence electrons. The molecule has 0 spiro atoms. The van der Waals surface area contributed by atoms with Gasteiger partial charge in [-0.15, -0.1) is 0 Å². The number of anilines is 1. The molecule has 3 N–H and O–H groups in total. The zero-order valence-electron chi connectivity index (χ0n) is 10.6. The van der Waals surface area contributed by atoms with Gasteiger partial charge < -0.3 is 15.5 Å². The maximum Gasteiger partial charge on any atom is 0.181 e. The third-order valence-electron chi connectivity index (χ3n) is 2.94. The molecule has 0 aliphatic heterocycles. The Balaban J connectivity index is 2.08. The molecule has 0 heterocycles. The van der Waals surface area contributed by atoms with Crippen molar-refractivity contribution in [2.75, 3.05) is 11.9 Å². The molecule has 0 saturated carbocycles. The highest BCUT2D eigenvalue weighted by molar-refractivity contribution is 5.99. The van der Waals surface area contributed by atoms with Crippen LogP contribution in [0.2, 0.25) is 0 Å². The van der Waals surface area contributed by atoms with Crippen molar-refractivity contribution in [3.8, 4) is 11.5 Å². The molecule has 19 heavy (non-hydrogen) atoms. The number of rotatable bonds is 4. The lowest BCUT2D eigenvalue weighted by Gasteiger charge is -2.11. The normalized spacial score (nSPS) is 10.2. The van der Waals surface area contributed by atoms with Crippen LogP contribution in [0.15, 0.2) is 42.5 Å². The number of benzene rings is 2. The quantitative estimate of drug-likeness (QED) is 0.447. The standard InChI is InChI=1S/C15H15NO3/c1-10-12(7-8-13(17)15(10)19)16-9-14(18)11-5-3-2-4-6-11/h2-8,16-17,19H,9H2,1H3. The predicted octanol–water partition coefficient (Wildman–Crippen LogP) is 2.70. The van der Waals surface area contributed by atoms with Crippen molar-refractivity contribution < 1.29 is 15.0 Å². The Kier molecular flexibility index (Phi) is 3.71. The van der Waals surface area contributed by atoms with E-state index in [9.17, 15) is 15.0 Å². The number of phenolic OH excluding ortho intramolecular Hbond substituents is 2. The number of carbonyl (C=O) groups excluding carboxylic acids is 1. The lowest BCUT2D eigenvalue weighted by molar-refractivity contribution is 0.101. The Morgan fingerprint density at radius 2 is 1.79 bits per heavy atom. The maximum absolute atomic E-state index is 11.9. The van der Waals surface area contributed by atoms with Gasteiger partial charge in [0.05, 0.1) is 6.54 Å². The first-order valence-corrected chi connectivity index (χ1v) is 5.93. The molecule has 0 radical (unpaired) electrons.